The van der Waals surface area contributed by atoms with Gasteiger partial charge in [-0.25, -0.2) is 0 Å². The molecule has 0 saturated carbocycles. The van der Waals surface area contributed by atoms with Gasteiger partial charge in [-0.05, 0) is 29.7 Å². The van der Waals surface area contributed by atoms with E-state index in [1.165, 1.54) is 11.6 Å². The molecule has 0 fully saturated rings. The van der Waals surface area contributed by atoms with E-state index in [2.05, 4.69) is 13.0 Å². The highest BCUT2D eigenvalue weighted by Gasteiger charge is 1.95. The number of aryl methyl sites for hydroxylation is 1. The molecule has 0 unspecified atom stereocenters. The molecule has 0 aliphatic heterocycles. The molecule has 0 aliphatic carbocycles. The molecule has 1 aromatic rings. The number of allylic oxidation sites excluding steroid dienone is 3. The minimum atomic E-state index is 0.744. The molecule has 0 aromatic heterocycles. The lowest BCUT2D eigenvalue weighted by Gasteiger charge is -2.02. The molecule has 2 heteroatoms. The largest absolute Gasteiger partial charge is 0.398 e. The molecule has 0 radical (unpaired) electrons. The molecule has 15 heavy (non-hydrogen) atoms. The van der Waals surface area contributed by atoms with E-state index in [-0.39, 0.29) is 0 Å². The molecular formula is C13H15NO. The molecule has 0 aliphatic rings. The van der Waals surface area contributed by atoms with E-state index in [1.807, 2.05) is 18.2 Å². The summed E-state index contributed by atoms with van der Waals surface area (Å²) < 4.78 is 0. The first-order chi connectivity index (χ1) is 7.27. The van der Waals surface area contributed by atoms with Gasteiger partial charge in [0.1, 0.15) is 6.29 Å². The lowest BCUT2D eigenvalue weighted by atomic mass is 10.1. The van der Waals surface area contributed by atoms with Crippen LogP contribution in [0.3, 0.4) is 0 Å². The second kappa shape index (κ2) is 5.81. The molecule has 0 heterocycles. The molecule has 2 N–H and O–H groups in total. The van der Waals surface area contributed by atoms with Crippen LogP contribution in [0.2, 0.25) is 0 Å². The van der Waals surface area contributed by atoms with Gasteiger partial charge in [-0.1, -0.05) is 37.3 Å². The summed E-state index contributed by atoms with van der Waals surface area (Å²) in [7, 11) is 0. The number of anilines is 1. The van der Waals surface area contributed by atoms with Crippen LogP contribution in [-0.4, -0.2) is 6.29 Å². The van der Waals surface area contributed by atoms with E-state index in [1.54, 1.807) is 12.2 Å². The number of hydrogen-bond acceptors (Lipinski definition) is 2. The zero-order valence-corrected chi connectivity index (χ0v) is 8.81. The summed E-state index contributed by atoms with van der Waals surface area (Å²) in [4.78, 5) is 10.0. The fourth-order valence-corrected chi connectivity index (χ4v) is 1.26. The van der Waals surface area contributed by atoms with Gasteiger partial charge in [0, 0.05) is 5.69 Å². The first-order valence-electron chi connectivity index (χ1n) is 4.95. The van der Waals surface area contributed by atoms with Gasteiger partial charge in [0.25, 0.3) is 0 Å². The second-order valence-electron chi connectivity index (χ2n) is 3.20. The monoisotopic (exact) mass is 201 g/mol. The van der Waals surface area contributed by atoms with Crippen molar-refractivity contribution in [1.82, 2.24) is 0 Å². The first-order valence-corrected chi connectivity index (χ1v) is 4.95. The standard InChI is InChI=1S/C13H15NO/c1-2-11-7-8-12(13(14)10-11)6-4-3-5-9-15/h3-10H,2,14H2,1H3. The molecular weight excluding hydrogens is 186 g/mol. The molecule has 0 bridgehead atoms. The Labute approximate surface area is 90.1 Å². The van der Waals surface area contributed by atoms with Crippen LogP contribution in [0.4, 0.5) is 5.69 Å². The third-order valence-electron chi connectivity index (χ3n) is 2.14. The molecule has 1 rings (SSSR count). The highest BCUT2D eigenvalue weighted by Crippen LogP contribution is 2.16. The number of rotatable bonds is 4. The van der Waals surface area contributed by atoms with Gasteiger partial charge in [-0.2, -0.15) is 0 Å². The van der Waals surface area contributed by atoms with Crippen molar-refractivity contribution in [3.05, 3.63) is 47.6 Å². The van der Waals surface area contributed by atoms with Crippen molar-refractivity contribution < 1.29 is 4.79 Å². The molecule has 0 amide bonds. The fraction of sp³-hybridized carbons (Fsp3) is 0.154. The van der Waals surface area contributed by atoms with Crippen molar-refractivity contribution in [3.63, 3.8) is 0 Å². The van der Waals surface area contributed by atoms with Crippen LogP contribution >= 0.6 is 0 Å². The van der Waals surface area contributed by atoms with Gasteiger partial charge in [0.05, 0.1) is 0 Å². The highest BCUT2D eigenvalue weighted by molar-refractivity contribution is 5.68. The minimum absolute atomic E-state index is 0.744. The predicted molar refractivity (Wildman–Crippen MR) is 64.5 cm³/mol. The van der Waals surface area contributed by atoms with E-state index in [4.69, 9.17) is 5.73 Å². The summed E-state index contributed by atoms with van der Waals surface area (Å²) >= 11 is 0. The van der Waals surface area contributed by atoms with Crippen LogP contribution < -0.4 is 5.73 Å². The fourth-order valence-electron chi connectivity index (χ4n) is 1.26. The Hall–Kier alpha value is -1.83. The van der Waals surface area contributed by atoms with Crippen LogP contribution in [-0.2, 0) is 11.2 Å². The van der Waals surface area contributed by atoms with E-state index in [0.29, 0.717) is 0 Å². The number of nitrogens with two attached hydrogens (primary N) is 1. The molecule has 0 atom stereocenters. The number of benzene rings is 1. The van der Waals surface area contributed by atoms with Crippen LogP contribution in [0.5, 0.6) is 0 Å². The maximum Gasteiger partial charge on any atom is 0.142 e. The van der Waals surface area contributed by atoms with Crippen molar-refractivity contribution >= 4 is 18.0 Å². The van der Waals surface area contributed by atoms with Gasteiger partial charge in [0.2, 0.25) is 0 Å². The number of nitrogen functional groups attached to an aromatic ring is 1. The highest BCUT2D eigenvalue weighted by atomic mass is 16.1. The summed E-state index contributed by atoms with van der Waals surface area (Å²) in [5, 5.41) is 0. The van der Waals surface area contributed by atoms with E-state index < -0.39 is 0 Å². The van der Waals surface area contributed by atoms with Crippen molar-refractivity contribution in [2.45, 2.75) is 13.3 Å². The summed E-state index contributed by atoms with van der Waals surface area (Å²) in [6.45, 7) is 2.09. The Kier molecular flexibility index (Phi) is 4.35. The van der Waals surface area contributed by atoms with Gasteiger partial charge in [-0.3, -0.25) is 4.79 Å². The summed E-state index contributed by atoms with van der Waals surface area (Å²) in [5.74, 6) is 0. The smallest absolute Gasteiger partial charge is 0.142 e. The summed E-state index contributed by atoms with van der Waals surface area (Å²) in [5.41, 5.74) is 8.84. The number of carbonyl (C=O) groups excluding carboxylic acids is 1. The summed E-state index contributed by atoms with van der Waals surface area (Å²) in [6.07, 6.45) is 8.53. The van der Waals surface area contributed by atoms with Gasteiger partial charge < -0.3 is 5.73 Å². The lowest BCUT2D eigenvalue weighted by molar-refractivity contribution is -0.104. The third kappa shape index (κ3) is 3.43. The Morgan fingerprint density at radius 2 is 2.07 bits per heavy atom. The van der Waals surface area contributed by atoms with Crippen LogP contribution in [0.1, 0.15) is 18.1 Å². The van der Waals surface area contributed by atoms with Gasteiger partial charge in [0.15, 0.2) is 0 Å². The Balaban J connectivity index is 2.82. The third-order valence-corrected chi connectivity index (χ3v) is 2.14. The number of aldehydes is 1. The summed E-state index contributed by atoms with van der Waals surface area (Å²) in [6, 6.07) is 6.02. The predicted octanol–water partition coefficient (Wildman–Crippen LogP) is 2.60. The number of carbonyl (C=O) groups is 1. The Bertz CT molecular complexity index is 392. The maximum absolute atomic E-state index is 10.0. The second-order valence-corrected chi connectivity index (χ2v) is 3.20. The molecule has 0 saturated heterocycles. The molecule has 0 spiro atoms. The minimum Gasteiger partial charge on any atom is -0.398 e. The van der Waals surface area contributed by atoms with Crippen LogP contribution in [0, 0.1) is 0 Å². The zero-order chi connectivity index (χ0) is 11.1. The van der Waals surface area contributed by atoms with Crippen molar-refractivity contribution in [2.24, 2.45) is 0 Å². The maximum atomic E-state index is 10.0. The average molecular weight is 201 g/mol. The van der Waals surface area contributed by atoms with Crippen molar-refractivity contribution in [1.29, 1.82) is 0 Å². The lowest BCUT2D eigenvalue weighted by Crippen LogP contribution is -1.91. The number of hydrogen-bond donors (Lipinski definition) is 1. The van der Waals surface area contributed by atoms with E-state index >= 15 is 0 Å². The molecule has 1 aromatic carbocycles. The van der Waals surface area contributed by atoms with Crippen molar-refractivity contribution in [3.8, 4) is 0 Å². The first kappa shape index (κ1) is 11.2. The van der Waals surface area contributed by atoms with E-state index in [9.17, 15) is 4.79 Å². The molecule has 2 nitrogen and oxygen atoms in total. The van der Waals surface area contributed by atoms with Crippen LogP contribution in [0.15, 0.2) is 36.4 Å². The Morgan fingerprint density at radius 1 is 1.27 bits per heavy atom. The normalized spacial score (nSPS) is 11.3. The van der Waals surface area contributed by atoms with Gasteiger partial charge >= 0.3 is 0 Å². The van der Waals surface area contributed by atoms with Gasteiger partial charge in [-0.15, -0.1) is 0 Å². The zero-order valence-electron chi connectivity index (χ0n) is 8.81. The van der Waals surface area contributed by atoms with Crippen molar-refractivity contribution in [2.75, 3.05) is 5.73 Å². The van der Waals surface area contributed by atoms with Crippen LogP contribution in [0.25, 0.3) is 6.08 Å². The topological polar surface area (TPSA) is 43.1 Å². The quantitative estimate of drug-likeness (QED) is 0.352. The molecule has 78 valence electrons. The average Bonchev–Trinajstić information content (AvgIpc) is 2.26. The SMILES string of the molecule is CCc1ccc(C=CC=CC=O)c(N)c1. The Morgan fingerprint density at radius 3 is 2.67 bits per heavy atom. The van der Waals surface area contributed by atoms with E-state index in [0.717, 1.165) is 24.0 Å².